The number of nitrogens with zero attached hydrogens (tertiary/aromatic N) is 3. The molecule has 1 atom stereocenters. The summed E-state index contributed by atoms with van der Waals surface area (Å²) in [4.78, 5) is 34.6. The van der Waals surface area contributed by atoms with Gasteiger partial charge in [0.2, 0.25) is 11.8 Å². The average Bonchev–Trinajstić information content (AvgIpc) is 3.21. The van der Waals surface area contributed by atoms with Crippen molar-refractivity contribution in [1.29, 1.82) is 0 Å². The molecule has 31 heavy (non-hydrogen) atoms. The van der Waals surface area contributed by atoms with Crippen LogP contribution in [0.25, 0.3) is 0 Å². The number of anilines is 1. The standard InChI is InChI=1S/C24H32N4O2S/c1-16(2)19-6-4-18(5-7-19)15-25-23(30)20-8-9-21-22(14-20)31-24(26-21)28-12-10-27(11-13-28)17(3)29/h4-7,16,20H,8-15H2,1-3H3,(H,25,30)/t20-/m1/s1. The number of hydrogen-bond acceptors (Lipinski definition) is 5. The molecule has 166 valence electrons. The summed E-state index contributed by atoms with van der Waals surface area (Å²) in [5.74, 6) is 0.819. The molecule has 1 N–H and O–H groups in total. The average molecular weight is 441 g/mol. The lowest BCUT2D eigenvalue weighted by molar-refractivity contribution is -0.129. The van der Waals surface area contributed by atoms with E-state index in [2.05, 4.69) is 48.3 Å². The smallest absolute Gasteiger partial charge is 0.223 e. The molecule has 7 heteroatoms. The molecule has 2 aliphatic rings. The van der Waals surface area contributed by atoms with Gasteiger partial charge in [0.05, 0.1) is 5.69 Å². The normalized spacial score (nSPS) is 18.8. The van der Waals surface area contributed by atoms with Gasteiger partial charge in [-0.2, -0.15) is 0 Å². The minimum Gasteiger partial charge on any atom is -0.352 e. The lowest BCUT2D eigenvalue weighted by Gasteiger charge is -2.33. The van der Waals surface area contributed by atoms with Gasteiger partial charge in [-0.15, -0.1) is 11.3 Å². The predicted octanol–water partition coefficient (Wildman–Crippen LogP) is 3.36. The van der Waals surface area contributed by atoms with E-state index in [0.717, 1.165) is 61.8 Å². The molecular formula is C24H32N4O2S. The number of amides is 2. The molecule has 0 unspecified atom stereocenters. The number of aromatic nitrogens is 1. The fourth-order valence-corrected chi connectivity index (χ4v) is 5.52. The number of benzene rings is 1. The summed E-state index contributed by atoms with van der Waals surface area (Å²) in [6, 6.07) is 8.51. The van der Waals surface area contributed by atoms with Gasteiger partial charge in [0.1, 0.15) is 0 Å². The van der Waals surface area contributed by atoms with Crippen molar-refractivity contribution in [2.45, 2.75) is 52.5 Å². The van der Waals surface area contributed by atoms with Crippen LogP contribution in [0.3, 0.4) is 0 Å². The number of piperazine rings is 1. The molecular weight excluding hydrogens is 408 g/mol. The molecule has 0 radical (unpaired) electrons. The van der Waals surface area contributed by atoms with Crippen molar-refractivity contribution in [3.8, 4) is 0 Å². The Morgan fingerprint density at radius 3 is 2.52 bits per heavy atom. The first-order valence-electron chi connectivity index (χ1n) is 11.3. The number of aryl methyl sites for hydroxylation is 1. The number of nitrogens with one attached hydrogen (secondary N) is 1. The lowest BCUT2D eigenvalue weighted by Crippen LogP contribution is -2.48. The fraction of sp³-hybridized carbons (Fsp3) is 0.542. The van der Waals surface area contributed by atoms with Gasteiger partial charge < -0.3 is 15.1 Å². The van der Waals surface area contributed by atoms with E-state index in [9.17, 15) is 9.59 Å². The van der Waals surface area contributed by atoms with Crippen molar-refractivity contribution < 1.29 is 9.59 Å². The molecule has 1 fully saturated rings. The summed E-state index contributed by atoms with van der Waals surface area (Å²) in [6.45, 7) is 9.73. The monoisotopic (exact) mass is 440 g/mol. The van der Waals surface area contributed by atoms with Crippen molar-refractivity contribution in [3.05, 3.63) is 46.0 Å². The molecule has 6 nitrogen and oxygen atoms in total. The quantitative estimate of drug-likeness (QED) is 0.774. The fourth-order valence-electron chi connectivity index (χ4n) is 4.29. The van der Waals surface area contributed by atoms with Gasteiger partial charge in [-0.25, -0.2) is 4.98 Å². The highest BCUT2D eigenvalue weighted by Crippen LogP contribution is 2.34. The largest absolute Gasteiger partial charge is 0.352 e. The Bertz CT molecular complexity index is 930. The maximum Gasteiger partial charge on any atom is 0.223 e. The van der Waals surface area contributed by atoms with Crippen LogP contribution in [0.5, 0.6) is 0 Å². The molecule has 0 saturated carbocycles. The van der Waals surface area contributed by atoms with E-state index in [4.69, 9.17) is 4.98 Å². The number of rotatable bonds is 5. The summed E-state index contributed by atoms with van der Waals surface area (Å²) in [5.41, 5.74) is 3.61. The zero-order chi connectivity index (χ0) is 22.0. The number of hydrogen-bond donors (Lipinski definition) is 1. The summed E-state index contributed by atoms with van der Waals surface area (Å²) in [6.07, 6.45) is 2.49. The van der Waals surface area contributed by atoms with Crippen molar-refractivity contribution in [2.24, 2.45) is 5.92 Å². The molecule has 1 aromatic heterocycles. The van der Waals surface area contributed by atoms with Crippen molar-refractivity contribution in [2.75, 3.05) is 31.1 Å². The minimum absolute atomic E-state index is 0.0188. The van der Waals surface area contributed by atoms with Crippen LogP contribution in [0.1, 0.15) is 54.8 Å². The first-order valence-corrected chi connectivity index (χ1v) is 12.1. The molecule has 1 aromatic carbocycles. The maximum atomic E-state index is 12.8. The zero-order valence-electron chi connectivity index (χ0n) is 18.7. The third-order valence-electron chi connectivity index (χ3n) is 6.41. The highest BCUT2D eigenvalue weighted by Gasteiger charge is 2.29. The highest BCUT2D eigenvalue weighted by atomic mass is 32.1. The molecule has 4 rings (SSSR count). The van der Waals surface area contributed by atoms with Crippen LogP contribution in [0, 0.1) is 5.92 Å². The molecule has 2 heterocycles. The SMILES string of the molecule is CC(=O)N1CCN(c2nc3c(s2)C[C@H](C(=O)NCc2ccc(C(C)C)cc2)CC3)CC1. The molecule has 0 spiro atoms. The Balaban J connectivity index is 1.31. The Kier molecular flexibility index (Phi) is 6.60. The van der Waals surface area contributed by atoms with Gasteiger partial charge in [0.25, 0.3) is 0 Å². The highest BCUT2D eigenvalue weighted by molar-refractivity contribution is 7.15. The Morgan fingerprint density at radius 1 is 1.16 bits per heavy atom. The van der Waals surface area contributed by atoms with E-state index in [1.165, 1.54) is 10.4 Å². The van der Waals surface area contributed by atoms with Gasteiger partial charge in [-0.1, -0.05) is 38.1 Å². The minimum atomic E-state index is 0.0188. The molecule has 2 amide bonds. The van der Waals surface area contributed by atoms with E-state index >= 15 is 0 Å². The summed E-state index contributed by atoms with van der Waals surface area (Å²) in [5, 5.41) is 4.17. The second-order valence-electron chi connectivity index (χ2n) is 8.91. The summed E-state index contributed by atoms with van der Waals surface area (Å²) >= 11 is 1.72. The zero-order valence-corrected chi connectivity index (χ0v) is 19.5. The summed E-state index contributed by atoms with van der Waals surface area (Å²) in [7, 11) is 0. The maximum absolute atomic E-state index is 12.8. The van der Waals surface area contributed by atoms with Crippen LogP contribution in [0.15, 0.2) is 24.3 Å². The Hall–Kier alpha value is -2.41. The van der Waals surface area contributed by atoms with Crippen LogP contribution in [-0.2, 0) is 29.0 Å². The number of fused-ring (bicyclic) bond motifs is 1. The van der Waals surface area contributed by atoms with Crippen LogP contribution in [0.4, 0.5) is 5.13 Å². The molecule has 1 aliphatic carbocycles. The van der Waals surface area contributed by atoms with Crippen LogP contribution < -0.4 is 10.2 Å². The van der Waals surface area contributed by atoms with E-state index in [1.54, 1.807) is 18.3 Å². The first-order chi connectivity index (χ1) is 14.9. The number of thiazole rings is 1. The lowest BCUT2D eigenvalue weighted by atomic mass is 9.90. The summed E-state index contributed by atoms with van der Waals surface area (Å²) < 4.78 is 0. The van der Waals surface area contributed by atoms with Crippen LogP contribution in [-0.4, -0.2) is 47.9 Å². The van der Waals surface area contributed by atoms with Gasteiger partial charge in [-0.3, -0.25) is 9.59 Å². The van der Waals surface area contributed by atoms with E-state index in [-0.39, 0.29) is 17.7 Å². The Labute approximate surface area is 188 Å². The number of carbonyl (C=O) groups excluding carboxylic acids is 2. The molecule has 0 bridgehead atoms. The van der Waals surface area contributed by atoms with Crippen molar-refractivity contribution in [1.82, 2.24) is 15.2 Å². The molecule has 1 aliphatic heterocycles. The van der Waals surface area contributed by atoms with Gasteiger partial charge in [0.15, 0.2) is 5.13 Å². The van der Waals surface area contributed by atoms with Crippen molar-refractivity contribution >= 4 is 28.3 Å². The van der Waals surface area contributed by atoms with Crippen LogP contribution in [0.2, 0.25) is 0 Å². The number of carbonyl (C=O) groups is 2. The van der Waals surface area contributed by atoms with Crippen molar-refractivity contribution in [3.63, 3.8) is 0 Å². The van der Waals surface area contributed by atoms with Crippen LogP contribution >= 0.6 is 11.3 Å². The van der Waals surface area contributed by atoms with E-state index in [1.807, 2.05) is 4.90 Å². The van der Waals surface area contributed by atoms with Gasteiger partial charge in [0, 0.05) is 50.4 Å². The van der Waals surface area contributed by atoms with Gasteiger partial charge in [-0.05, 0) is 36.3 Å². The van der Waals surface area contributed by atoms with E-state index in [0.29, 0.717) is 12.5 Å². The predicted molar refractivity (Wildman–Crippen MR) is 124 cm³/mol. The first kappa shape index (κ1) is 21.8. The third-order valence-corrected chi connectivity index (χ3v) is 7.59. The second kappa shape index (κ2) is 9.39. The third kappa shape index (κ3) is 5.09. The Morgan fingerprint density at radius 2 is 1.87 bits per heavy atom. The van der Waals surface area contributed by atoms with Gasteiger partial charge >= 0.3 is 0 Å². The topological polar surface area (TPSA) is 65.5 Å². The molecule has 1 saturated heterocycles. The second-order valence-corrected chi connectivity index (χ2v) is 9.98. The molecule has 2 aromatic rings. The van der Waals surface area contributed by atoms with E-state index < -0.39 is 0 Å².